The van der Waals surface area contributed by atoms with Gasteiger partial charge in [0.1, 0.15) is 9.88 Å². The maximum atomic E-state index is 12.5. The van der Waals surface area contributed by atoms with Gasteiger partial charge in [-0.15, -0.1) is 10.2 Å². The number of amides is 2. The van der Waals surface area contributed by atoms with Crippen LogP contribution in [0.2, 0.25) is 0 Å². The van der Waals surface area contributed by atoms with E-state index in [4.69, 9.17) is 4.74 Å². The van der Waals surface area contributed by atoms with Crippen LogP contribution in [-0.4, -0.2) is 47.3 Å². The highest BCUT2D eigenvalue weighted by Gasteiger charge is 2.28. The van der Waals surface area contributed by atoms with E-state index in [9.17, 15) is 9.59 Å². The largest absolute Gasteiger partial charge is 0.383 e. The van der Waals surface area contributed by atoms with Crippen molar-refractivity contribution >= 4 is 44.8 Å². The van der Waals surface area contributed by atoms with E-state index in [-0.39, 0.29) is 11.8 Å². The van der Waals surface area contributed by atoms with E-state index in [1.807, 2.05) is 0 Å². The fraction of sp³-hybridized carbons (Fsp3) is 0.533. The lowest BCUT2D eigenvalue weighted by molar-refractivity contribution is -0.116. The Kier molecular flexibility index (Phi) is 5.40. The first-order chi connectivity index (χ1) is 12.0. The fourth-order valence-electron chi connectivity index (χ4n) is 2.21. The molecular formula is C15H19N5O3S2. The maximum absolute atomic E-state index is 12.5. The summed E-state index contributed by atoms with van der Waals surface area (Å²) in [6.07, 6.45) is 2.28. The normalized spacial score (nSPS) is 13.7. The lowest BCUT2D eigenvalue weighted by Gasteiger charge is -2.16. The van der Waals surface area contributed by atoms with Crippen LogP contribution in [0.3, 0.4) is 0 Å². The number of hydrogen-bond donors (Lipinski definition) is 1. The van der Waals surface area contributed by atoms with Gasteiger partial charge in [-0.05, 0) is 19.8 Å². The molecule has 3 rings (SSSR count). The van der Waals surface area contributed by atoms with Crippen LogP contribution < -0.4 is 10.2 Å². The molecule has 2 amide bonds. The summed E-state index contributed by atoms with van der Waals surface area (Å²) in [4.78, 5) is 30.7. The molecular weight excluding hydrogens is 362 g/mol. The van der Waals surface area contributed by atoms with Gasteiger partial charge in [-0.2, -0.15) is 0 Å². The van der Waals surface area contributed by atoms with Crippen LogP contribution in [0.5, 0.6) is 0 Å². The molecule has 2 aromatic heterocycles. The van der Waals surface area contributed by atoms with Crippen LogP contribution in [-0.2, 0) is 9.53 Å². The highest BCUT2D eigenvalue weighted by atomic mass is 32.1. The molecule has 2 aromatic rings. The third kappa shape index (κ3) is 4.20. The molecule has 2 heterocycles. The van der Waals surface area contributed by atoms with E-state index in [2.05, 4.69) is 20.5 Å². The fourth-order valence-corrected chi connectivity index (χ4v) is 4.15. The monoisotopic (exact) mass is 381 g/mol. The zero-order valence-corrected chi connectivity index (χ0v) is 15.9. The van der Waals surface area contributed by atoms with Crippen molar-refractivity contribution in [1.29, 1.82) is 0 Å². The summed E-state index contributed by atoms with van der Waals surface area (Å²) < 4.78 is 5.02. The van der Waals surface area contributed by atoms with Gasteiger partial charge in [0.2, 0.25) is 11.0 Å². The lowest BCUT2D eigenvalue weighted by atomic mass is 10.4. The highest BCUT2D eigenvalue weighted by Crippen LogP contribution is 2.42. The molecule has 0 unspecified atom stereocenters. The zero-order chi connectivity index (χ0) is 18.0. The highest BCUT2D eigenvalue weighted by molar-refractivity contribution is 7.18. The van der Waals surface area contributed by atoms with Gasteiger partial charge in [0, 0.05) is 20.0 Å². The Hall–Kier alpha value is -1.91. The number of aryl methyl sites for hydroxylation is 1. The Balaban J connectivity index is 1.73. The minimum atomic E-state index is -0.282. The Morgan fingerprint density at radius 1 is 1.32 bits per heavy atom. The number of carbonyl (C=O) groups is 2. The second kappa shape index (κ2) is 7.54. The molecule has 0 aliphatic heterocycles. The van der Waals surface area contributed by atoms with Gasteiger partial charge in [-0.1, -0.05) is 22.7 Å². The van der Waals surface area contributed by atoms with Crippen molar-refractivity contribution in [2.75, 3.05) is 30.5 Å². The van der Waals surface area contributed by atoms with Crippen molar-refractivity contribution in [3.05, 3.63) is 15.6 Å². The van der Waals surface area contributed by atoms with E-state index in [0.717, 1.165) is 17.8 Å². The quantitative estimate of drug-likeness (QED) is 0.791. The molecule has 25 heavy (non-hydrogen) atoms. The molecule has 1 fully saturated rings. The molecule has 1 aliphatic carbocycles. The Morgan fingerprint density at radius 3 is 2.72 bits per heavy atom. The second-order valence-electron chi connectivity index (χ2n) is 5.75. The van der Waals surface area contributed by atoms with E-state index in [1.54, 1.807) is 14.0 Å². The van der Waals surface area contributed by atoms with Crippen molar-refractivity contribution in [1.82, 2.24) is 15.2 Å². The number of ether oxygens (including phenoxy) is 1. The molecule has 10 heteroatoms. The summed E-state index contributed by atoms with van der Waals surface area (Å²) in [6, 6.07) is 0. The number of aromatic nitrogens is 3. The topological polar surface area (TPSA) is 97.3 Å². The molecule has 134 valence electrons. The van der Waals surface area contributed by atoms with Crippen molar-refractivity contribution in [3.63, 3.8) is 0 Å². The van der Waals surface area contributed by atoms with Gasteiger partial charge < -0.3 is 4.74 Å². The smallest absolute Gasteiger partial charge is 0.269 e. The first-order valence-corrected chi connectivity index (χ1v) is 9.52. The number of methoxy groups -OCH3 is 1. The molecule has 1 aliphatic rings. The number of rotatable bonds is 7. The average molecular weight is 381 g/mol. The SMILES string of the molecule is COCCN(C(C)=O)c1nc(C)c(C(=O)Nc2nnc(C3CC3)s2)s1. The molecule has 0 atom stereocenters. The van der Waals surface area contributed by atoms with Crippen LogP contribution in [0, 0.1) is 6.92 Å². The summed E-state index contributed by atoms with van der Waals surface area (Å²) in [6.45, 7) is 4.00. The van der Waals surface area contributed by atoms with Crippen molar-refractivity contribution in [2.45, 2.75) is 32.6 Å². The summed E-state index contributed by atoms with van der Waals surface area (Å²) >= 11 is 2.59. The number of thiazole rings is 1. The van der Waals surface area contributed by atoms with Crippen LogP contribution in [0.25, 0.3) is 0 Å². The summed E-state index contributed by atoms with van der Waals surface area (Å²) in [5.41, 5.74) is 0.577. The lowest BCUT2D eigenvalue weighted by Crippen LogP contribution is -2.31. The van der Waals surface area contributed by atoms with Crippen LogP contribution in [0.4, 0.5) is 10.3 Å². The minimum Gasteiger partial charge on any atom is -0.383 e. The Morgan fingerprint density at radius 2 is 2.08 bits per heavy atom. The van der Waals surface area contributed by atoms with E-state index in [1.165, 1.54) is 34.5 Å². The van der Waals surface area contributed by atoms with Gasteiger partial charge >= 0.3 is 0 Å². The number of anilines is 2. The van der Waals surface area contributed by atoms with Crippen molar-refractivity contribution in [2.24, 2.45) is 0 Å². The zero-order valence-electron chi connectivity index (χ0n) is 14.2. The predicted molar refractivity (Wildman–Crippen MR) is 96.6 cm³/mol. The van der Waals surface area contributed by atoms with Gasteiger partial charge in [0.25, 0.3) is 5.91 Å². The van der Waals surface area contributed by atoms with Gasteiger partial charge in [-0.3, -0.25) is 19.8 Å². The number of carbonyl (C=O) groups excluding carboxylic acids is 2. The van der Waals surface area contributed by atoms with Crippen molar-refractivity contribution < 1.29 is 14.3 Å². The molecule has 1 saturated carbocycles. The molecule has 0 radical (unpaired) electrons. The summed E-state index contributed by atoms with van der Waals surface area (Å²) in [5, 5.41) is 12.9. The number of nitrogens with zero attached hydrogens (tertiary/aromatic N) is 4. The van der Waals surface area contributed by atoms with E-state index >= 15 is 0 Å². The van der Waals surface area contributed by atoms with Crippen LogP contribution in [0.15, 0.2) is 0 Å². The molecule has 0 aromatic carbocycles. The number of nitrogens with one attached hydrogen (secondary N) is 1. The molecule has 0 saturated heterocycles. The Labute approximate surface area is 153 Å². The van der Waals surface area contributed by atoms with Gasteiger partial charge in [0.15, 0.2) is 5.13 Å². The second-order valence-corrected chi connectivity index (χ2v) is 7.73. The van der Waals surface area contributed by atoms with Crippen molar-refractivity contribution in [3.8, 4) is 0 Å². The third-order valence-electron chi connectivity index (χ3n) is 3.71. The molecule has 0 spiro atoms. The summed E-state index contributed by atoms with van der Waals surface area (Å²) in [5.74, 6) is 0.0794. The number of hydrogen-bond acceptors (Lipinski definition) is 8. The molecule has 0 bridgehead atoms. The third-order valence-corrected chi connectivity index (χ3v) is 5.89. The van der Waals surface area contributed by atoms with E-state index in [0.29, 0.717) is 39.9 Å². The van der Waals surface area contributed by atoms with Crippen LogP contribution >= 0.6 is 22.7 Å². The van der Waals surface area contributed by atoms with Crippen LogP contribution in [0.1, 0.15) is 46.1 Å². The minimum absolute atomic E-state index is 0.143. The summed E-state index contributed by atoms with van der Waals surface area (Å²) in [7, 11) is 1.57. The standard InChI is InChI=1S/C15H19N5O3S2/c1-8-11(24-15(16-8)20(9(2)21)6-7-23-3)12(22)17-14-19-18-13(25-14)10-4-5-10/h10H,4-7H2,1-3H3,(H,17,19,22). The van der Waals surface area contributed by atoms with Gasteiger partial charge in [0.05, 0.1) is 18.8 Å². The maximum Gasteiger partial charge on any atom is 0.269 e. The average Bonchev–Trinajstić information content (AvgIpc) is 3.19. The predicted octanol–water partition coefficient (Wildman–Crippen LogP) is 2.43. The van der Waals surface area contributed by atoms with Gasteiger partial charge in [-0.25, -0.2) is 4.98 Å². The first kappa shape index (κ1) is 17.9. The molecule has 1 N–H and O–H groups in total. The molecule has 8 nitrogen and oxygen atoms in total. The first-order valence-electron chi connectivity index (χ1n) is 7.88. The van der Waals surface area contributed by atoms with E-state index < -0.39 is 0 Å². The Bertz CT molecular complexity index is 784.